The van der Waals surface area contributed by atoms with Gasteiger partial charge in [0.1, 0.15) is 10.9 Å². The molecule has 0 saturated heterocycles. The Morgan fingerprint density at radius 3 is 2.67 bits per heavy atom. The van der Waals surface area contributed by atoms with Gasteiger partial charge in [-0.1, -0.05) is 6.07 Å². The summed E-state index contributed by atoms with van der Waals surface area (Å²) in [6.45, 7) is 1.88. The molecule has 2 heterocycles. The lowest BCUT2D eigenvalue weighted by atomic mass is 10.1. The third-order valence-electron chi connectivity index (χ3n) is 2.62. The fraction of sp³-hybridized carbons (Fsp3) is 0.364. The van der Waals surface area contributed by atoms with E-state index < -0.39 is 9.84 Å². The zero-order valence-corrected chi connectivity index (χ0v) is 11.8. The van der Waals surface area contributed by atoms with E-state index in [1.807, 2.05) is 24.4 Å². The molecule has 2 N–H and O–H groups in total. The molecule has 2 rings (SSSR count). The number of hydrogen-bond donors (Lipinski definition) is 1. The number of sulfone groups is 1. The summed E-state index contributed by atoms with van der Waals surface area (Å²) in [6, 6.07) is 3.62. The number of aromatic nitrogens is 2. The summed E-state index contributed by atoms with van der Waals surface area (Å²) in [6.07, 6.45) is 4.06. The van der Waals surface area contributed by atoms with E-state index in [2.05, 4.69) is 5.10 Å². The Bertz CT molecular complexity index is 615. The number of nitrogens with two attached hydrogens (primary N) is 1. The van der Waals surface area contributed by atoms with Crippen LogP contribution in [0.15, 0.2) is 34.8 Å². The van der Waals surface area contributed by atoms with Crippen LogP contribution in [0, 0.1) is 0 Å². The maximum Gasteiger partial charge on any atom is 0.178 e. The first kappa shape index (κ1) is 13.3. The molecule has 0 aliphatic heterocycles. The van der Waals surface area contributed by atoms with Gasteiger partial charge in [0, 0.05) is 23.4 Å². The van der Waals surface area contributed by atoms with Gasteiger partial charge in [-0.05, 0) is 18.4 Å². The number of hydrogen-bond acceptors (Lipinski definition) is 5. The van der Waals surface area contributed by atoms with E-state index in [4.69, 9.17) is 5.73 Å². The second-order valence-electron chi connectivity index (χ2n) is 4.25. The average molecular weight is 285 g/mol. The highest BCUT2D eigenvalue weighted by molar-refractivity contribution is 7.90. The van der Waals surface area contributed by atoms with Crippen molar-refractivity contribution in [3.63, 3.8) is 0 Å². The predicted molar refractivity (Wildman–Crippen MR) is 71.4 cm³/mol. The Labute approximate surface area is 110 Å². The molecule has 0 bridgehead atoms. The minimum Gasteiger partial charge on any atom is -0.326 e. The van der Waals surface area contributed by atoms with Crippen LogP contribution in [0.25, 0.3) is 0 Å². The van der Waals surface area contributed by atoms with Gasteiger partial charge in [-0.25, -0.2) is 8.42 Å². The molecular weight excluding hydrogens is 270 g/mol. The fourth-order valence-corrected chi connectivity index (χ4v) is 3.23. The first-order chi connectivity index (χ1) is 8.39. The van der Waals surface area contributed by atoms with Crippen LogP contribution in [-0.4, -0.2) is 30.5 Å². The van der Waals surface area contributed by atoms with Crippen molar-refractivity contribution in [1.29, 1.82) is 0 Å². The summed E-state index contributed by atoms with van der Waals surface area (Å²) in [5.41, 5.74) is 5.97. The van der Waals surface area contributed by atoms with E-state index in [0.29, 0.717) is 0 Å². The normalized spacial score (nSPS) is 15.5. The summed E-state index contributed by atoms with van der Waals surface area (Å²) < 4.78 is 24.5. The van der Waals surface area contributed by atoms with Gasteiger partial charge in [-0.15, -0.1) is 11.3 Å². The first-order valence-corrected chi connectivity index (χ1v) is 8.20. The van der Waals surface area contributed by atoms with Gasteiger partial charge in [-0.2, -0.15) is 5.10 Å². The standard InChI is InChI=1S/C11H15N3O2S2/c1-8(12)11(10-4-3-5-17-10)14-7-9(6-13-14)18(2,15)16/h3-8,11H,12H2,1-2H3. The fourth-order valence-electron chi connectivity index (χ4n) is 1.75. The SMILES string of the molecule is CC(N)C(c1cccs1)n1cc(S(C)(=O)=O)cn1. The zero-order valence-electron chi connectivity index (χ0n) is 10.1. The number of rotatable bonds is 4. The van der Waals surface area contributed by atoms with Crippen LogP contribution in [0.2, 0.25) is 0 Å². The van der Waals surface area contributed by atoms with E-state index >= 15 is 0 Å². The van der Waals surface area contributed by atoms with E-state index in [0.717, 1.165) is 4.88 Å². The highest BCUT2D eigenvalue weighted by atomic mass is 32.2. The summed E-state index contributed by atoms with van der Waals surface area (Å²) >= 11 is 1.58. The van der Waals surface area contributed by atoms with E-state index in [9.17, 15) is 8.42 Å². The number of thiophene rings is 1. The quantitative estimate of drug-likeness (QED) is 0.918. The van der Waals surface area contributed by atoms with Crippen LogP contribution < -0.4 is 5.73 Å². The van der Waals surface area contributed by atoms with Crippen LogP contribution in [0.1, 0.15) is 17.8 Å². The molecule has 0 aromatic carbocycles. The lowest BCUT2D eigenvalue weighted by Crippen LogP contribution is -2.30. The highest BCUT2D eigenvalue weighted by Crippen LogP contribution is 2.25. The summed E-state index contributed by atoms with van der Waals surface area (Å²) in [5, 5.41) is 6.09. The smallest absolute Gasteiger partial charge is 0.178 e. The second kappa shape index (κ2) is 4.83. The number of nitrogens with zero attached hydrogens (tertiary/aromatic N) is 2. The third kappa shape index (κ3) is 2.63. The molecule has 98 valence electrons. The molecule has 2 atom stereocenters. The van der Waals surface area contributed by atoms with Gasteiger partial charge >= 0.3 is 0 Å². The van der Waals surface area contributed by atoms with Crippen molar-refractivity contribution in [2.75, 3.05) is 6.26 Å². The molecule has 2 aromatic heterocycles. The monoisotopic (exact) mass is 285 g/mol. The molecule has 0 saturated carbocycles. The Hall–Kier alpha value is -1.18. The third-order valence-corrected chi connectivity index (χ3v) is 4.63. The van der Waals surface area contributed by atoms with Gasteiger partial charge < -0.3 is 5.73 Å². The molecule has 18 heavy (non-hydrogen) atoms. The van der Waals surface area contributed by atoms with Gasteiger partial charge in [0.15, 0.2) is 9.84 Å². The maximum atomic E-state index is 11.4. The molecule has 0 spiro atoms. The molecule has 2 aromatic rings. The molecule has 0 radical (unpaired) electrons. The molecule has 7 heteroatoms. The Balaban J connectivity index is 2.42. The van der Waals surface area contributed by atoms with Gasteiger partial charge in [0.05, 0.1) is 6.20 Å². The Kier molecular flexibility index (Phi) is 3.56. The van der Waals surface area contributed by atoms with Gasteiger partial charge in [-0.3, -0.25) is 4.68 Å². The topological polar surface area (TPSA) is 78.0 Å². The molecular formula is C11H15N3O2S2. The van der Waals surface area contributed by atoms with E-state index in [1.54, 1.807) is 16.0 Å². The molecule has 2 unspecified atom stereocenters. The van der Waals surface area contributed by atoms with Crippen molar-refractivity contribution in [3.05, 3.63) is 34.8 Å². The van der Waals surface area contributed by atoms with Crippen molar-refractivity contribution in [2.24, 2.45) is 5.73 Å². The summed E-state index contributed by atoms with van der Waals surface area (Å²) in [4.78, 5) is 1.28. The zero-order chi connectivity index (χ0) is 13.3. The van der Waals surface area contributed by atoms with Crippen LogP contribution in [-0.2, 0) is 9.84 Å². The van der Waals surface area contributed by atoms with E-state index in [1.165, 1.54) is 18.6 Å². The molecule has 0 aliphatic carbocycles. The van der Waals surface area contributed by atoms with Gasteiger partial charge in [0.25, 0.3) is 0 Å². The molecule has 0 fully saturated rings. The lowest BCUT2D eigenvalue weighted by molar-refractivity contribution is 0.459. The van der Waals surface area contributed by atoms with Crippen LogP contribution in [0.4, 0.5) is 0 Å². The highest BCUT2D eigenvalue weighted by Gasteiger charge is 2.21. The molecule has 0 aliphatic rings. The molecule has 5 nitrogen and oxygen atoms in total. The lowest BCUT2D eigenvalue weighted by Gasteiger charge is -2.19. The minimum atomic E-state index is -3.23. The Morgan fingerprint density at radius 2 is 2.22 bits per heavy atom. The predicted octanol–water partition coefficient (Wildman–Crippen LogP) is 1.28. The van der Waals surface area contributed by atoms with Crippen LogP contribution in [0.3, 0.4) is 0 Å². The van der Waals surface area contributed by atoms with Crippen molar-refractivity contribution in [2.45, 2.75) is 23.9 Å². The van der Waals surface area contributed by atoms with E-state index in [-0.39, 0.29) is 17.0 Å². The Morgan fingerprint density at radius 1 is 1.50 bits per heavy atom. The van der Waals surface area contributed by atoms with Crippen molar-refractivity contribution >= 4 is 21.2 Å². The summed E-state index contributed by atoms with van der Waals surface area (Å²) in [5.74, 6) is 0. The van der Waals surface area contributed by atoms with Crippen LogP contribution >= 0.6 is 11.3 Å². The van der Waals surface area contributed by atoms with Crippen molar-refractivity contribution in [1.82, 2.24) is 9.78 Å². The van der Waals surface area contributed by atoms with Gasteiger partial charge in [0.2, 0.25) is 0 Å². The summed E-state index contributed by atoms with van der Waals surface area (Å²) in [7, 11) is -3.23. The van der Waals surface area contributed by atoms with Crippen LogP contribution in [0.5, 0.6) is 0 Å². The molecule has 0 amide bonds. The minimum absolute atomic E-state index is 0.138. The maximum absolute atomic E-state index is 11.4. The average Bonchev–Trinajstić information content (AvgIpc) is 2.86. The largest absolute Gasteiger partial charge is 0.326 e. The van der Waals surface area contributed by atoms with Crippen molar-refractivity contribution < 1.29 is 8.42 Å². The first-order valence-electron chi connectivity index (χ1n) is 5.43. The second-order valence-corrected chi connectivity index (χ2v) is 7.24. The van der Waals surface area contributed by atoms with Crippen molar-refractivity contribution in [3.8, 4) is 0 Å².